The molecule has 2 atom stereocenters. The minimum absolute atomic E-state index is 0.141. The molecule has 17 heavy (non-hydrogen) atoms. The van der Waals surface area contributed by atoms with Crippen molar-refractivity contribution in [3.63, 3.8) is 0 Å². The van der Waals surface area contributed by atoms with Crippen LogP contribution in [0.2, 0.25) is 0 Å². The van der Waals surface area contributed by atoms with E-state index in [1.54, 1.807) is 12.1 Å². The molecule has 2 unspecified atom stereocenters. The van der Waals surface area contributed by atoms with Gasteiger partial charge in [0.1, 0.15) is 6.10 Å². The van der Waals surface area contributed by atoms with E-state index in [0.717, 1.165) is 0 Å². The molecule has 0 spiro atoms. The molecule has 0 saturated heterocycles. The normalized spacial score (nSPS) is 14.8. The average molecular weight is 252 g/mol. The maximum Gasteiger partial charge on any atom is 0.258 e. The van der Waals surface area contributed by atoms with E-state index in [1.807, 2.05) is 0 Å². The lowest BCUT2D eigenvalue weighted by Gasteiger charge is -2.16. The van der Waals surface area contributed by atoms with Gasteiger partial charge in [0.25, 0.3) is 5.56 Å². The highest BCUT2D eigenvalue weighted by Crippen LogP contribution is 2.20. The number of hydrogen-bond donors (Lipinski definition) is 4. The summed E-state index contributed by atoms with van der Waals surface area (Å²) in [5.74, 6) is 0.141. The van der Waals surface area contributed by atoms with Gasteiger partial charge < -0.3 is 15.2 Å². The first-order valence-electron chi connectivity index (χ1n) is 5.08. The van der Waals surface area contributed by atoms with E-state index in [-0.39, 0.29) is 11.3 Å². The van der Waals surface area contributed by atoms with Gasteiger partial charge in [-0.2, -0.15) is 12.6 Å². The Morgan fingerprint density at radius 2 is 2.18 bits per heavy atom. The van der Waals surface area contributed by atoms with Crippen molar-refractivity contribution in [3.8, 4) is 0 Å². The molecule has 90 valence electrons. The van der Waals surface area contributed by atoms with E-state index in [4.69, 9.17) is 0 Å². The number of thiol groups is 1. The van der Waals surface area contributed by atoms with E-state index >= 15 is 0 Å². The third-order valence-corrected chi connectivity index (χ3v) is 2.93. The molecule has 3 N–H and O–H groups in total. The fraction of sp³-hybridized carbons (Fsp3) is 0.273. The molecule has 0 aliphatic carbocycles. The largest absolute Gasteiger partial charge is 0.389 e. The van der Waals surface area contributed by atoms with Crippen LogP contribution in [0.1, 0.15) is 11.7 Å². The Morgan fingerprint density at radius 1 is 1.41 bits per heavy atom. The summed E-state index contributed by atoms with van der Waals surface area (Å²) in [5, 5.41) is 19.7. The number of aromatic nitrogens is 2. The predicted octanol–water partition coefficient (Wildman–Crippen LogP) is 0.247. The summed E-state index contributed by atoms with van der Waals surface area (Å²) >= 11 is 3.91. The van der Waals surface area contributed by atoms with Gasteiger partial charge in [-0.15, -0.1) is 0 Å². The number of H-pyrrole nitrogens is 1. The van der Waals surface area contributed by atoms with Gasteiger partial charge in [0.2, 0.25) is 0 Å². The second-order valence-electron chi connectivity index (χ2n) is 3.70. The molecule has 0 fully saturated rings. The fourth-order valence-electron chi connectivity index (χ4n) is 1.59. The highest BCUT2D eigenvalue weighted by atomic mass is 32.1. The topological polar surface area (TPSA) is 86.2 Å². The highest BCUT2D eigenvalue weighted by Gasteiger charge is 2.17. The first-order chi connectivity index (χ1) is 8.13. The molecule has 0 radical (unpaired) electrons. The number of benzene rings is 1. The third kappa shape index (κ3) is 2.33. The monoisotopic (exact) mass is 252 g/mol. The maximum atomic E-state index is 11.5. The zero-order chi connectivity index (χ0) is 12.4. The molecule has 0 aliphatic rings. The summed E-state index contributed by atoms with van der Waals surface area (Å²) in [5.41, 5.74) is 0.743. The van der Waals surface area contributed by atoms with Crippen LogP contribution in [0, 0.1) is 0 Å². The smallest absolute Gasteiger partial charge is 0.258 e. The number of aliphatic hydroxyl groups is 2. The van der Waals surface area contributed by atoms with E-state index in [9.17, 15) is 15.0 Å². The number of rotatable bonds is 3. The molecule has 0 aliphatic heterocycles. The summed E-state index contributed by atoms with van der Waals surface area (Å²) in [4.78, 5) is 18.0. The van der Waals surface area contributed by atoms with Crippen molar-refractivity contribution in [3.05, 3.63) is 40.4 Å². The summed E-state index contributed by atoms with van der Waals surface area (Å²) in [6, 6.07) is 4.79. The third-order valence-electron chi connectivity index (χ3n) is 2.56. The number of fused-ring (bicyclic) bond motifs is 1. The quantitative estimate of drug-likeness (QED) is 0.590. The van der Waals surface area contributed by atoms with Gasteiger partial charge in [0.05, 0.1) is 23.3 Å². The number of aliphatic hydroxyl groups excluding tert-OH is 2. The van der Waals surface area contributed by atoms with E-state index < -0.39 is 12.2 Å². The molecule has 0 bridgehead atoms. The van der Waals surface area contributed by atoms with E-state index in [2.05, 4.69) is 22.6 Å². The Balaban J connectivity index is 2.51. The molecule has 2 aromatic rings. The molecule has 6 heteroatoms. The van der Waals surface area contributed by atoms with Crippen molar-refractivity contribution in [2.75, 3.05) is 5.75 Å². The fourth-order valence-corrected chi connectivity index (χ4v) is 1.79. The van der Waals surface area contributed by atoms with Gasteiger partial charge in [-0.05, 0) is 17.7 Å². The standard InChI is InChI=1S/C11H12N2O3S/c14-9(4-17)10(15)6-1-2-8-7(3-6)11(16)13-5-12-8/h1-3,5,9-10,14-15,17H,4H2,(H,12,13,16). The van der Waals surface area contributed by atoms with Crippen LogP contribution < -0.4 is 5.56 Å². The zero-order valence-corrected chi connectivity index (χ0v) is 9.76. The van der Waals surface area contributed by atoms with Gasteiger partial charge >= 0.3 is 0 Å². The molecular formula is C11H12N2O3S. The number of hydrogen-bond acceptors (Lipinski definition) is 5. The average Bonchev–Trinajstić information content (AvgIpc) is 2.37. The van der Waals surface area contributed by atoms with Crippen molar-refractivity contribution < 1.29 is 10.2 Å². The minimum Gasteiger partial charge on any atom is -0.389 e. The maximum absolute atomic E-state index is 11.5. The molecule has 0 saturated carbocycles. The lowest BCUT2D eigenvalue weighted by atomic mass is 10.0. The van der Waals surface area contributed by atoms with Crippen LogP contribution in [-0.4, -0.2) is 32.0 Å². The zero-order valence-electron chi connectivity index (χ0n) is 8.87. The molecule has 2 rings (SSSR count). The molecule has 1 heterocycles. The highest BCUT2D eigenvalue weighted by molar-refractivity contribution is 7.80. The SMILES string of the molecule is O=c1[nH]cnc2ccc(C(O)C(O)CS)cc12. The van der Waals surface area contributed by atoms with Crippen LogP contribution in [0.3, 0.4) is 0 Å². The molecule has 1 aromatic carbocycles. The van der Waals surface area contributed by atoms with Crippen LogP contribution in [-0.2, 0) is 0 Å². The minimum atomic E-state index is -1.06. The Bertz CT molecular complexity index is 584. The number of nitrogens with zero attached hydrogens (tertiary/aromatic N) is 1. The van der Waals surface area contributed by atoms with Gasteiger partial charge in [-0.25, -0.2) is 4.98 Å². The van der Waals surface area contributed by atoms with Crippen LogP contribution in [0.15, 0.2) is 29.3 Å². The van der Waals surface area contributed by atoms with Crippen LogP contribution in [0.25, 0.3) is 10.9 Å². The first-order valence-corrected chi connectivity index (χ1v) is 5.71. The first kappa shape index (κ1) is 12.1. The van der Waals surface area contributed by atoms with Crippen molar-refractivity contribution in [1.82, 2.24) is 9.97 Å². The Labute approximate surface area is 103 Å². The van der Waals surface area contributed by atoms with E-state index in [0.29, 0.717) is 16.5 Å². The summed E-state index contributed by atoms with van der Waals surface area (Å²) < 4.78 is 0. The van der Waals surface area contributed by atoms with Crippen molar-refractivity contribution >= 4 is 23.5 Å². The summed E-state index contributed by atoms with van der Waals surface area (Å²) in [6.07, 6.45) is -0.702. The number of nitrogens with one attached hydrogen (secondary N) is 1. The predicted molar refractivity (Wildman–Crippen MR) is 67.2 cm³/mol. The van der Waals surface area contributed by atoms with Crippen LogP contribution >= 0.6 is 12.6 Å². The second kappa shape index (κ2) is 4.87. The second-order valence-corrected chi connectivity index (χ2v) is 4.07. The van der Waals surface area contributed by atoms with Crippen molar-refractivity contribution in [2.24, 2.45) is 0 Å². The molecule has 0 amide bonds. The van der Waals surface area contributed by atoms with Crippen LogP contribution in [0.4, 0.5) is 0 Å². The lowest BCUT2D eigenvalue weighted by Crippen LogP contribution is -2.20. The summed E-state index contributed by atoms with van der Waals surface area (Å²) in [6.45, 7) is 0. The van der Waals surface area contributed by atoms with Crippen molar-refractivity contribution in [2.45, 2.75) is 12.2 Å². The Morgan fingerprint density at radius 3 is 2.88 bits per heavy atom. The van der Waals surface area contributed by atoms with E-state index in [1.165, 1.54) is 12.4 Å². The van der Waals surface area contributed by atoms with Gasteiger partial charge in [0.15, 0.2) is 0 Å². The van der Waals surface area contributed by atoms with Crippen molar-refractivity contribution in [1.29, 1.82) is 0 Å². The molecular weight excluding hydrogens is 240 g/mol. The van der Waals surface area contributed by atoms with Gasteiger partial charge in [-0.3, -0.25) is 4.79 Å². The molecule has 1 aromatic heterocycles. The Kier molecular flexibility index (Phi) is 3.46. The lowest BCUT2D eigenvalue weighted by molar-refractivity contribution is 0.0338. The van der Waals surface area contributed by atoms with Gasteiger partial charge in [0, 0.05) is 5.75 Å². The van der Waals surface area contributed by atoms with Gasteiger partial charge in [-0.1, -0.05) is 6.07 Å². The molecule has 5 nitrogen and oxygen atoms in total. The summed E-state index contributed by atoms with van der Waals surface area (Å²) in [7, 11) is 0. The van der Waals surface area contributed by atoms with Crippen LogP contribution in [0.5, 0.6) is 0 Å². The Hall–Kier alpha value is -1.37. The number of aromatic amines is 1.